The number of nitrogens with one attached hydrogen (secondary N) is 1. The third-order valence-electron chi connectivity index (χ3n) is 6.00. The number of hydrogen-bond donors (Lipinski definition) is 1. The normalized spacial score (nSPS) is 17.6. The smallest absolute Gasteiger partial charge is 0.240 e. The molecule has 0 bridgehead atoms. The summed E-state index contributed by atoms with van der Waals surface area (Å²) in [5.74, 6) is -0.180. The molecule has 1 aliphatic carbocycles. The van der Waals surface area contributed by atoms with Crippen molar-refractivity contribution in [2.24, 2.45) is 5.41 Å². The van der Waals surface area contributed by atoms with Gasteiger partial charge < -0.3 is 10.2 Å². The summed E-state index contributed by atoms with van der Waals surface area (Å²) in [7, 11) is 0. The standard InChI is InChI=1S/C24H28N2O2/c1-23(2,3)19-10-6-7-11-20(19)25-21(27)24(13-14-24)22(28)26-15-12-17-8-4-5-9-18(17)16-26/h4-11H,12-16H2,1-3H3,(H,25,27). The van der Waals surface area contributed by atoms with E-state index in [0.29, 0.717) is 25.9 Å². The van der Waals surface area contributed by atoms with Crippen LogP contribution >= 0.6 is 0 Å². The lowest BCUT2D eigenvalue weighted by molar-refractivity contribution is -0.143. The lowest BCUT2D eigenvalue weighted by Crippen LogP contribution is -2.45. The number of hydrogen-bond acceptors (Lipinski definition) is 2. The fourth-order valence-corrected chi connectivity index (χ4v) is 4.12. The van der Waals surface area contributed by atoms with Crippen LogP contribution in [0.1, 0.15) is 50.3 Å². The van der Waals surface area contributed by atoms with Crippen LogP contribution < -0.4 is 5.32 Å². The van der Waals surface area contributed by atoms with Crippen molar-refractivity contribution in [2.45, 2.75) is 52.0 Å². The lowest BCUT2D eigenvalue weighted by atomic mass is 9.85. The zero-order valence-electron chi connectivity index (χ0n) is 16.9. The first kappa shape index (κ1) is 18.7. The molecule has 4 nitrogen and oxygen atoms in total. The summed E-state index contributed by atoms with van der Waals surface area (Å²) in [5.41, 5.74) is 3.41. The van der Waals surface area contributed by atoms with Crippen LogP contribution in [-0.4, -0.2) is 23.3 Å². The van der Waals surface area contributed by atoms with Gasteiger partial charge in [-0.2, -0.15) is 0 Å². The second-order valence-electron chi connectivity index (χ2n) is 9.08. The highest BCUT2D eigenvalue weighted by atomic mass is 16.2. The lowest BCUT2D eigenvalue weighted by Gasteiger charge is -2.32. The maximum atomic E-state index is 13.3. The second kappa shape index (κ2) is 6.77. The van der Waals surface area contributed by atoms with Gasteiger partial charge in [0.25, 0.3) is 0 Å². The molecule has 0 saturated heterocycles. The first-order valence-electron chi connectivity index (χ1n) is 10.1. The predicted octanol–water partition coefficient (Wildman–Crippen LogP) is 4.29. The highest BCUT2D eigenvalue weighted by Crippen LogP contribution is 2.49. The van der Waals surface area contributed by atoms with Crippen molar-refractivity contribution in [3.05, 3.63) is 65.2 Å². The molecule has 1 heterocycles. The Balaban J connectivity index is 1.52. The van der Waals surface area contributed by atoms with Crippen LogP contribution in [0.5, 0.6) is 0 Å². The van der Waals surface area contributed by atoms with Crippen molar-refractivity contribution in [1.29, 1.82) is 0 Å². The topological polar surface area (TPSA) is 49.4 Å². The number of amides is 2. The van der Waals surface area contributed by atoms with E-state index in [2.05, 4.69) is 38.2 Å². The average molecular weight is 377 g/mol. The Hall–Kier alpha value is -2.62. The molecule has 0 unspecified atom stereocenters. The summed E-state index contributed by atoms with van der Waals surface area (Å²) in [6.07, 6.45) is 2.12. The van der Waals surface area contributed by atoms with Gasteiger partial charge in [-0.25, -0.2) is 0 Å². The Bertz CT molecular complexity index is 922. The fraction of sp³-hybridized carbons (Fsp3) is 0.417. The Morgan fingerprint density at radius 2 is 1.61 bits per heavy atom. The minimum Gasteiger partial charge on any atom is -0.337 e. The summed E-state index contributed by atoms with van der Waals surface area (Å²) in [6.45, 7) is 7.66. The monoisotopic (exact) mass is 376 g/mol. The molecule has 2 aromatic rings. The van der Waals surface area contributed by atoms with Crippen molar-refractivity contribution in [3.63, 3.8) is 0 Å². The largest absolute Gasteiger partial charge is 0.337 e. The van der Waals surface area contributed by atoms with Crippen LogP contribution in [0.4, 0.5) is 5.69 Å². The number of rotatable bonds is 3. The summed E-state index contributed by atoms with van der Waals surface area (Å²) in [5, 5.41) is 3.07. The Morgan fingerprint density at radius 3 is 2.29 bits per heavy atom. The van der Waals surface area contributed by atoms with Crippen LogP contribution in [0.15, 0.2) is 48.5 Å². The van der Waals surface area contributed by atoms with Gasteiger partial charge in [-0.15, -0.1) is 0 Å². The van der Waals surface area contributed by atoms with Gasteiger partial charge >= 0.3 is 0 Å². The molecule has 0 radical (unpaired) electrons. The molecule has 2 aliphatic rings. The van der Waals surface area contributed by atoms with E-state index in [1.165, 1.54) is 11.1 Å². The van der Waals surface area contributed by atoms with Crippen LogP contribution in [0.25, 0.3) is 0 Å². The van der Waals surface area contributed by atoms with Gasteiger partial charge in [0.2, 0.25) is 11.8 Å². The molecule has 0 aromatic heterocycles. The number of para-hydroxylation sites is 1. The van der Waals surface area contributed by atoms with E-state index in [1.807, 2.05) is 41.3 Å². The summed E-state index contributed by atoms with van der Waals surface area (Å²) in [6, 6.07) is 16.1. The number of carbonyl (C=O) groups excluding carboxylic acids is 2. The summed E-state index contributed by atoms with van der Waals surface area (Å²) >= 11 is 0. The highest BCUT2D eigenvalue weighted by molar-refractivity contribution is 6.13. The number of fused-ring (bicyclic) bond motifs is 1. The molecule has 0 spiro atoms. The minimum atomic E-state index is -0.892. The van der Waals surface area contributed by atoms with Crippen LogP contribution in [-0.2, 0) is 28.0 Å². The Kier molecular flexibility index (Phi) is 4.53. The maximum Gasteiger partial charge on any atom is 0.240 e. The molecule has 2 amide bonds. The minimum absolute atomic E-state index is 0.0206. The molecule has 146 valence electrons. The fourth-order valence-electron chi connectivity index (χ4n) is 4.12. The van der Waals surface area contributed by atoms with Gasteiger partial charge in [0.1, 0.15) is 5.41 Å². The van der Waals surface area contributed by atoms with Crippen LogP contribution in [0.3, 0.4) is 0 Å². The van der Waals surface area contributed by atoms with E-state index in [-0.39, 0.29) is 17.2 Å². The molecular weight excluding hydrogens is 348 g/mol. The van der Waals surface area contributed by atoms with Crippen LogP contribution in [0, 0.1) is 5.41 Å². The van der Waals surface area contributed by atoms with Crippen molar-refractivity contribution in [3.8, 4) is 0 Å². The number of carbonyl (C=O) groups is 2. The summed E-state index contributed by atoms with van der Waals surface area (Å²) < 4.78 is 0. The van der Waals surface area contributed by atoms with Gasteiger partial charge in [-0.3, -0.25) is 9.59 Å². The molecular formula is C24H28N2O2. The van der Waals surface area contributed by atoms with Gasteiger partial charge in [0.15, 0.2) is 0 Å². The molecule has 1 aliphatic heterocycles. The molecule has 2 aromatic carbocycles. The van der Waals surface area contributed by atoms with Crippen LogP contribution in [0.2, 0.25) is 0 Å². The molecule has 1 fully saturated rings. The number of nitrogens with zero attached hydrogens (tertiary/aromatic N) is 1. The molecule has 1 saturated carbocycles. The van der Waals surface area contributed by atoms with E-state index in [4.69, 9.17) is 0 Å². The SMILES string of the molecule is CC(C)(C)c1ccccc1NC(=O)C1(C(=O)N2CCc3ccccc3C2)CC1. The average Bonchev–Trinajstić information content (AvgIpc) is 3.49. The third-order valence-corrected chi connectivity index (χ3v) is 6.00. The van der Waals surface area contributed by atoms with Crippen molar-refractivity contribution in [2.75, 3.05) is 11.9 Å². The molecule has 1 N–H and O–H groups in total. The second-order valence-corrected chi connectivity index (χ2v) is 9.08. The van der Waals surface area contributed by atoms with E-state index in [9.17, 15) is 9.59 Å². The Morgan fingerprint density at radius 1 is 0.964 bits per heavy atom. The van der Waals surface area contributed by atoms with Crippen molar-refractivity contribution >= 4 is 17.5 Å². The quantitative estimate of drug-likeness (QED) is 0.813. The van der Waals surface area contributed by atoms with Crippen molar-refractivity contribution in [1.82, 2.24) is 4.90 Å². The van der Waals surface area contributed by atoms with Gasteiger partial charge in [-0.1, -0.05) is 63.2 Å². The third kappa shape index (κ3) is 3.32. The zero-order valence-corrected chi connectivity index (χ0v) is 16.9. The van der Waals surface area contributed by atoms with Crippen molar-refractivity contribution < 1.29 is 9.59 Å². The number of benzene rings is 2. The number of anilines is 1. The van der Waals surface area contributed by atoms with E-state index < -0.39 is 5.41 Å². The molecule has 28 heavy (non-hydrogen) atoms. The summed E-state index contributed by atoms with van der Waals surface area (Å²) in [4.78, 5) is 28.3. The maximum absolute atomic E-state index is 13.3. The van der Waals surface area contributed by atoms with E-state index in [1.54, 1.807) is 0 Å². The molecule has 4 heteroatoms. The van der Waals surface area contributed by atoms with E-state index in [0.717, 1.165) is 17.7 Å². The zero-order chi connectivity index (χ0) is 19.9. The molecule has 4 rings (SSSR count). The predicted molar refractivity (Wildman–Crippen MR) is 111 cm³/mol. The first-order valence-corrected chi connectivity index (χ1v) is 10.1. The van der Waals surface area contributed by atoms with Gasteiger partial charge in [-0.05, 0) is 47.4 Å². The van der Waals surface area contributed by atoms with Gasteiger partial charge in [0.05, 0.1) is 0 Å². The highest BCUT2D eigenvalue weighted by Gasteiger charge is 2.58. The first-order chi connectivity index (χ1) is 13.3. The van der Waals surface area contributed by atoms with Gasteiger partial charge in [0, 0.05) is 18.8 Å². The Labute approximate surface area is 166 Å². The molecule has 0 atom stereocenters. The van der Waals surface area contributed by atoms with E-state index >= 15 is 0 Å².